The van der Waals surface area contributed by atoms with Crippen LogP contribution in [0.2, 0.25) is 0 Å². The van der Waals surface area contributed by atoms with Crippen molar-refractivity contribution in [3.63, 3.8) is 0 Å². The highest BCUT2D eigenvalue weighted by Gasteiger charge is 2.55. The molecular weight excluding hydrogens is 198 g/mol. The minimum Gasteiger partial charge on any atom is -0.481 e. The predicted molar refractivity (Wildman–Crippen MR) is 49.8 cm³/mol. The second kappa shape index (κ2) is 2.92. The number of carbonyl (C=O) groups is 3. The first-order valence-corrected chi connectivity index (χ1v) is 4.75. The lowest BCUT2D eigenvalue weighted by Crippen LogP contribution is -2.43. The highest BCUT2D eigenvalue weighted by Crippen LogP contribution is 2.46. The van der Waals surface area contributed by atoms with Crippen LogP contribution in [-0.2, 0) is 14.4 Å². The van der Waals surface area contributed by atoms with Crippen LogP contribution in [0, 0.1) is 0 Å². The maximum atomic E-state index is 11.6. The zero-order valence-electron chi connectivity index (χ0n) is 8.32. The van der Waals surface area contributed by atoms with Gasteiger partial charge in [0.25, 0.3) is 11.8 Å². The van der Waals surface area contributed by atoms with Gasteiger partial charge in [-0.3, -0.25) is 19.3 Å². The van der Waals surface area contributed by atoms with Crippen molar-refractivity contribution in [3.05, 3.63) is 11.6 Å². The van der Waals surface area contributed by atoms with Gasteiger partial charge in [0, 0.05) is 11.6 Å². The molecule has 2 aliphatic rings. The molecule has 2 rings (SSSR count). The Bertz CT molecular complexity index is 392. The first-order chi connectivity index (χ1) is 6.96. The summed E-state index contributed by atoms with van der Waals surface area (Å²) in [4.78, 5) is 34.9. The summed E-state index contributed by atoms with van der Waals surface area (Å²) in [5, 5.41) is 8.72. The molecule has 1 heterocycles. The topological polar surface area (TPSA) is 74.7 Å². The van der Waals surface area contributed by atoms with Crippen molar-refractivity contribution in [1.82, 2.24) is 4.90 Å². The van der Waals surface area contributed by atoms with E-state index in [0.717, 1.165) is 4.90 Å². The lowest BCUT2D eigenvalue weighted by molar-refractivity contribution is -0.144. The molecule has 0 saturated heterocycles. The highest BCUT2D eigenvalue weighted by molar-refractivity contribution is 6.16. The molecule has 5 heteroatoms. The number of carbonyl (C=O) groups excluding carboxylic acids is 2. The zero-order valence-corrected chi connectivity index (χ0v) is 8.32. The van der Waals surface area contributed by atoms with E-state index in [2.05, 4.69) is 0 Å². The molecule has 80 valence electrons. The lowest BCUT2D eigenvalue weighted by atomic mass is 10.1. The van der Waals surface area contributed by atoms with Gasteiger partial charge in [-0.05, 0) is 19.8 Å². The minimum atomic E-state index is -0.974. The van der Waals surface area contributed by atoms with Gasteiger partial charge in [-0.15, -0.1) is 0 Å². The van der Waals surface area contributed by atoms with Gasteiger partial charge in [0.1, 0.15) is 0 Å². The largest absolute Gasteiger partial charge is 0.481 e. The number of rotatable bonds is 3. The van der Waals surface area contributed by atoms with Gasteiger partial charge in [-0.2, -0.15) is 0 Å². The van der Waals surface area contributed by atoms with Crippen LogP contribution in [0.25, 0.3) is 0 Å². The molecule has 0 aromatic heterocycles. The zero-order chi connectivity index (χ0) is 11.2. The summed E-state index contributed by atoms with van der Waals surface area (Å²) in [5.74, 6) is -1.70. The summed E-state index contributed by atoms with van der Waals surface area (Å²) in [6, 6.07) is 0. The fraction of sp³-hybridized carbons (Fsp3) is 0.500. The maximum Gasteiger partial charge on any atom is 0.305 e. The summed E-state index contributed by atoms with van der Waals surface area (Å²) in [6.45, 7) is 1.57. The lowest BCUT2D eigenvalue weighted by Gasteiger charge is -2.24. The Morgan fingerprint density at radius 2 is 2.13 bits per heavy atom. The van der Waals surface area contributed by atoms with E-state index >= 15 is 0 Å². The average molecular weight is 209 g/mol. The fourth-order valence-electron chi connectivity index (χ4n) is 1.94. The SMILES string of the molecule is CC1=CC(=O)N(C2(CC(=O)O)CC2)C1=O. The molecule has 1 aliphatic heterocycles. The Balaban J connectivity index is 2.23. The van der Waals surface area contributed by atoms with Gasteiger partial charge in [0.15, 0.2) is 0 Å². The number of hydrogen-bond acceptors (Lipinski definition) is 3. The van der Waals surface area contributed by atoms with Crippen LogP contribution in [-0.4, -0.2) is 33.3 Å². The summed E-state index contributed by atoms with van der Waals surface area (Å²) >= 11 is 0. The minimum absolute atomic E-state index is 0.147. The number of hydrogen-bond donors (Lipinski definition) is 1. The van der Waals surface area contributed by atoms with Crippen molar-refractivity contribution in [2.24, 2.45) is 0 Å². The number of carboxylic acid groups (broad SMARTS) is 1. The quantitative estimate of drug-likeness (QED) is 0.679. The van der Waals surface area contributed by atoms with Crippen LogP contribution in [0.3, 0.4) is 0 Å². The van der Waals surface area contributed by atoms with E-state index in [4.69, 9.17) is 5.11 Å². The standard InChI is InChI=1S/C10H11NO4/c1-6-4-7(12)11(9(6)15)10(2-3-10)5-8(13)14/h4H,2-3,5H2,1H3,(H,13,14). The Morgan fingerprint density at radius 1 is 1.53 bits per heavy atom. The highest BCUT2D eigenvalue weighted by atomic mass is 16.4. The maximum absolute atomic E-state index is 11.6. The van der Waals surface area contributed by atoms with Crippen LogP contribution in [0.5, 0.6) is 0 Å². The summed E-state index contributed by atoms with van der Waals surface area (Å²) in [5.41, 5.74) is -0.356. The van der Waals surface area contributed by atoms with Gasteiger partial charge in [-0.1, -0.05) is 0 Å². The third-order valence-corrected chi connectivity index (χ3v) is 2.88. The fourth-order valence-corrected chi connectivity index (χ4v) is 1.94. The van der Waals surface area contributed by atoms with E-state index in [1.807, 2.05) is 0 Å². The van der Waals surface area contributed by atoms with Gasteiger partial charge in [0.2, 0.25) is 0 Å². The first-order valence-electron chi connectivity index (χ1n) is 4.75. The van der Waals surface area contributed by atoms with Crippen molar-refractivity contribution < 1.29 is 19.5 Å². The molecule has 1 saturated carbocycles. The normalized spacial score (nSPS) is 23.0. The first kappa shape index (κ1) is 9.89. The molecule has 1 N–H and O–H groups in total. The second-order valence-corrected chi connectivity index (χ2v) is 4.10. The van der Waals surface area contributed by atoms with E-state index in [0.29, 0.717) is 18.4 Å². The molecule has 2 amide bonds. The Labute approximate surface area is 86.4 Å². The van der Waals surface area contributed by atoms with Gasteiger partial charge < -0.3 is 5.11 Å². The molecule has 5 nitrogen and oxygen atoms in total. The van der Waals surface area contributed by atoms with Gasteiger partial charge >= 0.3 is 5.97 Å². The molecular formula is C10H11NO4. The van der Waals surface area contributed by atoms with E-state index in [1.54, 1.807) is 6.92 Å². The van der Waals surface area contributed by atoms with Gasteiger partial charge in [-0.25, -0.2) is 0 Å². The number of nitrogens with zero attached hydrogens (tertiary/aromatic N) is 1. The third kappa shape index (κ3) is 1.44. The Hall–Kier alpha value is -1.65. The number of carboxylic acids is 1. The predicted octanol–water partition coefficient (Wildman–Crippen LogP) is 0.309. The van der Waals surface area contributed by atoms with Crippen LogP contribution in [0.15, 0.2) is 11.6 Å². The molecule has 0 unspecified atom stereocenters. The van der Waals surface area contributed by atoms with Crippen LogP contribution >= 0.6 is 0 Å². The monoisotopic (exact) mass is 209 g/mol. The summed E-state index contributed by atoms with van der Waals surface area (Å²) in [7, 11) is 0. The van der Waals surface area contributed by atoms with E-state index < -0.39 is 11.5 Å². The van der Waals surface area contributed by atoms with Gasteiger partial charge in [0.05, 0.1) is 12.0 Å². The third-order valence-electron chi connectivity index (χ3n) is 2.88. The van der Waals surface area contributed by atoms with Crippen LogP contribution < -0.4 is 0 Å². The van der Waals surface area contributed by atoms with E-state index in [9.17, 15) is 14.4 Å². The van der Waals surface area contributed by atoms with Crippen molar-refractivity contribution in [3.8, 4) is 0 Å². The molecule has 0 radical (unpaired) electrons. The number of imide groups is 1. The molecule has 15 heavy (non-hydrogen) atoms. The average Bonchev–Trinajstić information content (AvgIpc) is 2.78. The Morgan fingerprint density at radius 3 is 2.47 bits per heavy atom. The van der Waals surface area contributed by atoms with Crippen molar-refractivity contribution in [2.75, 3.05) is 0 Å². The smallest absolute Gasteiger partial charge is 0.305 e. The number of amides is 2. The van der Waals surface area contributed by atoms with Crippen molar-refractivity contribution >= 4 is 17.8 Å². The van der Waals surface area contributed by atoms with E-state index in [1.165, 1.54) is 6.08 Å². The van der Waals surface area contributed by atoms with E-state index in [-0.39, 0.29) is 18.2 Å². The van der Waals surface area contributed by atoms with Crippen LogP contribution in [0.4, 0.5) is 0 Å². The Kier molecular flexibility index (Phi) is 1.92. The van der Waals surface area contributed by atoms with Crippen molar-refractivity contribution in [1.29, 1.82) is 0 Å². The van der Waals surface area contributed by atoms with Crippen LogP contribution in [0.1, 0.15) is 26.2 Å². The molecule has 0 aromatic rings. The molecule has 1 fully saturated rings. The molecule has 0 bridgehead atoms. The summed E-state index contributed by atoms with van der Waals surface area (Å²) in [6.07, 6.45) is 2.31. The van der Waals surface area contributed by atoms with Crippen molar-refractivity contribution in [2.45, 2.75) is 31.7 Å². The number of aliphatic carboxylic acids is 1. The molecule has 0 aromatic carbocycles. The summed E-state index contributed by atoms with van der Waals surface area (Å²) < 4.78 is 0. The second-order valence-electron chi connectivity index (χ2n) is 4.10. The molecule has 0 spiro atoms. The molecule has 1 aliphatic carbocycles. The molecule has 0 atom stereocenters.